The van der Waals surface area contributed by atoms with Crippen LogP contribution in [0.2, 0.25) is 0 Å². The predicted molar refractivity (Wildman–Crippen MR) is 235 cm³/mol. The van der Waals surface area contributed by atoms with E-state index in [1.165, 1.54) is 230 Å². The van der Waals surface area contributed by atoms with Gasteiger partial charge in [0.05, 0.1) is 0 Å². The topological polar surface area (TPSA) is 48.1 Å². The van der Waals surface area contributed by atoms with E-state index in [1.807, 2.05) is 0 Å². The molecule has 53 heavy (non-hydrogen) atoms. The minimum atomic E-state index is 0.183. The van der Waals surface area contributed by atoms with Crippen LogP contribution in [-0.2, 0) is 11.2 Å². The van der Waals surface area contributed by atoms with Crippen molar-refractivity contribution in [3.63, 3.8) is 0 Å². The zero-order valence-electron chi connectivity index (χ0n) is 35.6. The number of H-pyrrole nitrogens is 1. The number of aromatic amines is 1. The van der Waals surface area contributed by atoms with Gasteiger partial charge >= 0.3 is 0 Å². The average Bonchev–Trinajstić information content (AvgIpc) is 3.59. The molecule has 306 valence electrons. The lowest BCUT2D eigenvalue weighted by Crippen LogP contribution is -2.27. The number of aromatic nitrogens is 1. The molecule has 0 radical (unpaired) electrons. The van der Waals surface area contributed by atoms with Gasteiger partial charge in [0.15, 0.2) is 0 Å². The van der Waals surface area contributed by atoms with Crippen molar-refractivity contribution < 1.29 is 4.79 Å². The molecule has 0 spiro atoms. The van der Waals surface area contributed by atoms with E-state index in [-0.39, 0.29) is 5.91 Å². The number of rotatable bonds is 40. The van der Waals surface area contributed by atoms with E-state index >= 15 is 0 Å². The van der Waals surface area contributed by atoms with Crippen LogP contribution in [0.25, 0.3) is 10.9 Å². The van der Waals surface area contributed by atoms with Crippen molar-refractivity contribution in [3.05, 3.63) is 36.0 Å². The minimum Gasteiger partial charge on any atom is -0.361 e. The summed E-state index contributed by atoms with van der Waals surface area (Å²) in [7, 11) is 0. The molecule has 1 aromatic heterocycles. The summed E-state index contributed by atoms with van der Waals surface area (Å²) in [5, 5.41) is 4.41. The second kappa shape index (κ2) is 35.9. The summed E-state index contributed by atoms with van der Waals surface area (Å²) < 4.78 is 0. The fourth-order valence-electron chi connectivity index (χ4n) is 8.11. The molecule has 0 atom stereocenters. The molecule has 0 bridgehead atoms. The molecule has 0 fully saturated rings. The largest absolute Gasteiger partial charge is 0.361 e. The van der Waals surface area contributed by atoms with Crippen molar-refractivity contribution in [2.75, 3.05) is 26.2 Å². The molecule has 1 amide bonds. The second-order valence-electron chi connectivity index (χ2n) is 16.7. The highest BCUT2D eigenvalue weighted by molar-refractivity contribution is 5.84. The molecule has 4 nitrogen and oxygen atoms in total. The second-order valence-corrected chi connectivity index (χ2v) is 16.7. The minimum absolute atomic E-state index is 0.183. The Hall–Kier alpha value is -1.81. The van der Waals surface area contributed by atoms with Crippen LogP contribution in [0.1, 0.15) is 231 Å². The molecule has 1 aromatic carbocycles. The zero-order chi connectivity index (χ0) is 37.7. The lowest BCUT2D eigenvalue weighted by atomic mass is 10.0. The molecule has 0 aliphatic carbocycles. The first-order chi connectivity index (χ1) is 26.2. The Morgan fingerprint density at radius 1 is 0.509 bits per heavy atom. The zero-order valence-corrected chi connectivity index (χ0v) is 35.6. The van der Waals surface area contributed by atoms with Gasteiger partial charge in [0.2, 0.25) is 5.91 Å². The highest BCUT2D eigenvalue weighted by Gasteiger charge is 2.08. The maximum atomic E-state index is 12.5. The number of nitrogens with zero attached hydrogens (tertiary/aromatic N) is 1. The third kappa shape index (κ3) is 27.4. The van der Waals surface area contributed by atoms with Crippen LogP contribution in [0.4, 0.5) is 0 Å². The summed E-state index contributed by atoms with van der Waals surface area (Å²) in [6.45, 7) is 9.27. The van der Waals surface area contributed by atoms with Crippen molar-refractivity contribution in [2.24, 2.45) is 0 Å². The average molecular weight is 736 g/mol. The number of aryl methyl sites for hydroxylation is 1. The molecule has 0 saturated carbocycles. The van der Waals surface area contributed by atoms with Crippen molar-refractivity contribution in [2.45, 2.75) is 232 Å². The van der Waals surface area contributed by atoms with Gasteiger partial charge < -0.3 is 15.2 Å². The normalized spacial score (nSPS) is 11.7. The van der Waals surface area contributed by atoms with E-state index in [0.29, 0.717) is 6.42 Å². The standard InChI is InChI=1S/C49H89N3O/c1-3-5-7-9-11-13-15-17-19-21-23-25-28-34-42-52(43-35-29-26-24-22-20-18-16-14-12-10-8-6-4-2)44-36-30-27-33-41-50-49(53)40-39-46-45-51-48-38-32-31-37-47(46)48/h31-32,37-38,45,51H,3-30,33-36,39-44H2,1-2H3,(H,50,53). The van der Waals surface area contributed by atoms with Gasteiger partial charge in [-0.05, 0) is 63.4 Å². The number of hydrogen-bond acceptors (Lipinski definition) is 2. The Kier molecular flexibility index (Phi) is 32.0. The van der Waals surface area contributed by atoms with Gasteiger partial charge in [-0.1, -0.05) is 212 Å². The highest BCUT2D eigenvalue weighted by atomic mass is 16.1. The van der Waals surface area contributed by atoms with E-state index in [0.717, 1.165) is 24.9 Å². The fraction of sp³-hybridized carbons (Fsp3) is 0.816. The van der Waals surface area contributed by atoms with Gasteiger partial charge in [0.1, 0.15) is 0 Å². The van der Waals surface area contributed by atoms with E-state index in [4.69, 9.17) is 0 Å². The van der Waals surface area contributed by atoms with Crippen LogP contribution in [0.15, 0.2) is 30.5 Å². The number of benzene rings is 1. The number of amides is 1. The summed E-state index contributed by atoms with van der Waals surface area (Å²) >= 11 is 0. The van der Waals surface area contributed by atoms with Gasteiger partial charge in [-0.25, -0.2) is 0 Å². The Morgan fingerprint density at radius 2 is 0.887 bits per heavy atom. The summed E-state index contributed by atoms with van der Waals surface area (Å²) in [6.07, 6.45) is 48.5. The Morgan fingerprint density at radius 3 is 1.32 bits per heavy atom. The fourth-order valence-corrected chi connectivity index (χ4v) is 8.11. The number of carbonyl (C=O) groups is 1. The Balaban J connectivity index is 1.51. The predicted octanol–water partition coefficient (Wildman–Crippen LogP) is 15.0. The van der Waals surface area contributed by atoms with E-state index in [9.17, 15) is 4.79 Å². The first-order valence-electron chi connectivity index (χ1n) is 23.8. The maximum absolute atomic E-state index is 12.5. The first kappa shape index (κ1) is 47.3. The summed E-state index contributed by atoms with van der Waals surface area (Å²) in [6, 6.07) is 8.36. The van der Waals surface area contributed by atoms with Crippen LogP contribution in [0.3, 0.4) is 0 Å². The van der Waals surface area contributed by atoms with Crippen LogP contribution >= 0.6 is 0 Å². The molecule has 0 aliphatic heterocycles. The first-order valence-corrected chi connectivity index (χ1v) is 23.8. The molecule has 2 N–H and O–H groups in total. The molecular formula is C49H89N3O. The molecule has 0 unspecified atom stereocenters. The number of unbranched alkanes of at least 4 members (excludes halogenated alkanes) is 29. The van der Waals surface area contributed by atoms with Gasteiger partial charge in [0, 0.05) is 30.1 Å². The van der Waals surface area contributed by atoms with E-state index < -0.39 is 0 Å². The van der Waals surface area contributed by atoms with Gasteiger partial charge in [-0.15, -0.1) is 0 Å². The molecule has 1 heterocycles. The van der Waals surface area contributed by atoms with Crippen LogP contribution < -0.4 is 5.32 Å². The van der Waals surface area contributed by atoms with E-state index in [1.54, 1.807) is 0 Å². The van der Waals surface area contributed by atoms with Gasteiger partial charge in [-0.3, -0.25) is 4.79 Å². The molecular weight excluding hydrogens is 647 g/mol. The molecule has 2 rings (SSSR count). The number of nitrogens with one attached hydrogen (secondary N) is 2. The lowest BCUT2D eigenvalue weighted by Gasteiger charge is -2.22. The molecule has 2 aromatic rings. The summed E-state index contributed by atoms with van der Waals surface area (Å²) in [4.78, 5) is 18.6. The van der Waals surface area contributed by atoms with Crippen molar-refractivity contribution in [3.8, 4) is 0 Å². The Bertz CT molecular complexity index is 1030. The highest BCUT2D eigenvalue weighted by Crippen LogP contribution is 2.19. The summed E-state index contributed by atoms with van der Waals surface area (Å²) in [5.41, 5.74) is 2.39. The summed E-state index contributed by atoms with van der Waals surface area (Å²) in [5.74, 6) is 0.183. The third-order valence-corrected chi connectivity index (χ3v) is 11.7. The molecule has 4 heteroatoms. The number of hydrogen-bond donors (Lipinski definition) is 2. The van der Waals surface area contributed by atoms with Crippen LogP contribution in [-0.4, -0.2) is 42.0 Å². The van der Waals surface area contributed by atoms with Crippen molar-refractivity contribution in [1.82, 2.24) is 15.2 Å². The van der Waals surface area contributed by atoms with Crippen LogP contribution in [0.5, 0.6) is 0 Å². The van der Waals surface area contributed by atoms with E-state index in [2.05, 4.69) is 59.5 Å². The SMILES string of the molecule is CCCCCCCCCCCCCCCCN(CCCCCCCCCCCCCCCC)CCCCCCNC(=O)CCc1c[nH]c2ccccc12. The molecule has 0 aliphatic rings. The quantitative estimate of drug-likeness (QED) is 0.0670. The van der Waals surface area contributed by atoms with Gasteiger partial charge in [0.25, 0.3) is 0 Å². The van der Waals surface area contributed by atoms with Crippen molar-refractivity contribution in [1.29, 1.82) is 0 Å². The smallest absolute Gasteiger partial charge is 0.220 e. The Labute approximate surface area is 330 Å². The van der Waals surface area contributed by atoms with Crippen molar-refractivity contribution >= 4 is 16.8 Å². The van der Waals surface area contributed by atoms with Gasteiger partial charge in [-0.2, -0.15) is 0 Å². The monoisotopic (exact) mass is 736 g/mol. The third-order valence-electron chi connectivity index (χ3n) is 11.7. The number of fused-ring (bicyclic) bond motifs is 1. The van der Waals surface area contributed by atoms with Crippen LogP contribution in [0, 0.1) is 0 Å². The molecule has 0 saturated heterocycles. The maximum Gasteiger partial charge on any atom is 0.220 e. The lowest BCUT2D eigenvalue weighted by molar-refractivity contribution is -0.121. The number of para-hydroxylation sites is 1. The number of carbonyl (C=O) groups excluding carboxylic acids is 1.